The van der Waals surface area contributed by atoms with Crippen LogP contribution in [0.5, 0.6) is 5.75 Å². The quantitative estimate of drug-likeness (QED) is 0.479. The third-order valence-corrected chi connectivity index (χ3v) is 6.79. The SMILES string of the molecule is COc1ccc2c(c1)C1Cc3c([nH]c4ccccc34)[C@H](c3ccc(F)cc3)N1CC2. The molecule has 4 heteroatoms. The lowest BCUT2D eigenvalue weighted by Gasteiger charge is -2.46. The van der Waals surface area contributed by atoms with E-state index >= 15 is 0 Å². The van der Waals surface area contributed by atoms with Gasteiger partial charge in [0.25, 0.3) is 0 Å². The van der Waals surface area contributed by atoms with E-state index in [9.17, 15) is 4.39 Å². The molecule has 2 aliphatic rings. The van der Waals surface area contributed by atoms with Crippen LogP contribution in [0, 0.1) is 5.82 Å². The van der Waals surface area contributed by atoms with Crippen molar-refractivity contribution in [3.05, 3.63) is 100 Å². The number of nitrogens with zero attached hydrogens (tertiary/aromatic N) is 1. The van der Waals surface area contributed by atoms with E-state index in [2.05, 4.69) is 52.3 Å². The van der Waals surface area contributed by atoms with Crippen molar-refractivity contribution >= 4 is 10.9 Å². The summed E-state index contributed by atoms with van der Waals surface area (Å²) in [6.07, 6.45) is 1.96. The van der Waals surface area contributed by atoms with E-state index < -0.39 is 0 Å². The minimum atomic E-state index is -0.197. The maximum Gasteiger partial charge on any atom is 0.123 e. The molecule has 3 nitrogen and oxygen atoms in total. The first-order valence-electron chi connectivity index (χ1n) is 10.5. The second kappa shape index (κ2) is 6.71. The number of rotatable bonds is 2. The summed E-state index contributed by atoms with van der Waals surface area (Å²) in [6.45, 7) is 0.973. The predicted octanol–water partition coefficient (Wildman–Crippen LogP) is 5.56. The van der Waals surface area contributed by atoms with E-state index in [1.165, 1.54) is 33.3 Å². The van der Waals surface area contributed by atoms with Crippen molar-refractivity contribution in [2.75, 3.05) is 13.7 Å². The molecular formula is C26H23FN2O. The lowest BCUT2D eigenvalue weighted by atomic mass is 9.81. The Labute approximate surface area is 175 Å². The number of aromatic nitrogens is 1. The topological polar surface area (TPSA) is 28.3 Å². The highest BCUT2D eigenvalue weighted by atomic mass is 19.1. The molecule has 0 aliphatic carbocycles. The van der Waals surface area contributed by atoms with E-state index in [4.69, 9.17) is 4.74 Å². The zero-order chi connectivity index (χ0) is 20.2. The van der Waals surface area contributed by atoms with Crippen molar-refractivity contribution in [2.24, 2.45) is 0 Å². The number of nitrogens with one attached hydrogen (secondary N) is 1. The number of fused-ring (bicyclic) bond motifs is 6. The molecular weight excluding hydrogens is 375 g/mol. The molecule has 0 saturated heterocycles. The Morgan fingerprint density at radius 3 is 2.70 bits per heavy atom. The number of benzene rings is 3. The van der Waals surface area contributed by atoms with Gasteiger partial charge < -0.3 is 9.72 Å². The molecule has 2 aliphatic heterocycles. The lowest BCUT2D eigenvalue weighted by molar-refractivity contribution is 0.127. The molecule has 2 atom stereocenters. The van der Waals surface area contributed by atoms with E-state index in [0.717, 1.165) is 30.7 Å². The van der Waals surface area contributed by atoms with E-state index in [0.29, 0.717) is 0 Å². The number of ether oxygens (including phenoxy) is 1. The summed E-state index contributed by atoms with van der Waals surface area (Å²) in [6, 6.07) is 22.3. The largest absolute Gasteiger partial charge is 0.497 e. The summed E-state index contributed by atoms with van der Waals surface area (Å²) < 4.78 is 19.2. The second-order valence-corrected chi connectivity index (χ2v) is 8.29. The van der Waals surface area contributed by atoms with Crippen molar-refractivity contribution in [3.63, 3.8) is 0 Å². The Hall–Kier alpha value is -3.11. The number of H-pyrrole nitrogens is 1. The highest BCUT2D eigenvalue weighted by molar-refractivity contribution is 5.85. The molecule has 0 saturated carbocycles. The predicted molar refractivity (Wildman–Crippen MR) is 116 cm³/mol. The molecule has 3 aromatic carbocycles. The molecule has 1 aromatic heterocycles. The molecule has 0 amide bonds. The van der Waals surface area contributed by atoms with Gasteiger partial charge in [0, 0.05) is 29.2 Å². The van der Waals surface area contributed by atoms with Crippen LogP contribution in [0.3, 0.4) is 0 Å². The fourth-order valence-electron chi connectivity index (χ4n) is 5.39. The smallest absolute Gasteiger partial charge is 0.123 e. The van der Waals surface area contributed by atoms with Gasteiger partial charge in [-0.3, -0.25) is 4.90 Å². The van der Waals surface area contributed by atoms with Crippen LogP contribution in [0.2, 0.25) is 0 Å². The summed E-state index contributed by atoms with van der Waals surface area (Å²) in [4.78, 5) is 6.27. The van der Waals surface area contributed by atoms with Crippen molar-refractivity contribution in [1.29, 1.82) is 0 Å². The van der Waals surface area contributed by atoms with Gasteiger partial charge in [-0.15, -0.1) is 0 Å². The number of hydrogen-bond donors (Lipinski definition) is 1. The maximum atomic E-state index is 13.7. The normalized spacial score (nSPS) is 20.5. The van der Waals surface area contributed by atoms with Gasteiger partial charge in [0.05, 0.1) is 13.2 Å². The first-order chi connectivity index (χ1) is 14.7. The molecule has 0 spiro atoms. The standard InChI is InChI=1S/C26H23FN2O/c1-30-19-11-8-16-12-13-29-24(21(16)14-19)15-22-20-4-2-3-5-23(20)28-25(22)26(29)17-6-9-18(27)10-7-17/h2-11,14,24,26,28H,12-13,15H2,1H3/t24?,26-/m0/s1. The Kier molecular flexibility index (Phi) is 3.96. The fourth-order valence-corrected chi connectivity index (χ4v) is 5.39. The molecule has 30 heavy (non-hydrogen) atoms. The van der Waals surface area contributed by atoms with Crippen LogP contribution in [0.1, 0.15) is 40.0 Å². The molecule has 1 N–H and O–H groups in total. The molecule has 150 valence electrons. The maximum absolute atomic E-state index is 13.7. The highest BCUT2D eigenvalue weighted by Crippen LogP contribution is 2.48. The van der Waals surface area contributed by atoms with Crippen LogP contribution in [0.25, 0.3) is 10.9 Å². The Balaban J connectivity index is 1.58. The van der Waals surface area contributed by atoms with Crippen molar-refractivity contribution in [1.82, 2.24) is 9.88 Å². The van der Waals surface area contributed by atoms with Crippen LogP contribution in [0.4, 0.5) is 4.39 Å². The first-order valence-corrected chi connectivity index (χ1v) is 10.5. The number of methoxy groups -OCH3 is 1. The Morgan fingerprint density at radius 2 is 1.87 bits per heavy atom. The monoisotopic (exact) mass is 398 g/mol. The second-order valence-electron chi connectivity index (χ2n) is 8.29. The van der Waals surface area contributed by atoms with Crippen molar-refractivity contribution < 1.29 is 9.13 Å². The fraction of sp³-hybridized carbons (Fsp3) is 0.231. The molecule has 0 radical (unpaired) electrons. The Morgan fingerprint density at radius 1 is 1.03 bits per heavy atom. The third kappa shape index (κ3) is 2.60. The number of para-hydroxylation sites is 1. The van der Waals surface area contributed by atoms with Crippen LogP contribution < -0.4 is 4.74 Å². The summed E-state index contributed by atoms with van der Waals surface area (Å²) in [5.41, 5.74) is 7.66. The molecule has 4 aromatic rings. The summed E-state index contributed by atoms with van der Waals surface area (Å²) in [5, 5.41) is 1.29. The lowest BCUT2D eigenvalue weighted by Crippen LogP contribution is -2.43. The molecule has 0 fully saturated rings. The van der Waals surface area contributed by atoms with Gasteiger partial charge in [0.1, 0.15) is 11.6 Å². The first kappa shape index (κ1) is 17.7. The summed E-state index contributed by atoms with van der Waals surface area (Å²) in [7, 11) is 1.72. The minimum absolute atomic E-state index is 0.0751. The number of halogens is 1. The van der Waals surface area contributed by atoms with E-state index in [1.54, 1.807) is 19.2 Å². The molecule has 0 bridgehead atoms. The van der Waals surface area contributed by atoms with Gasteiger partial charge in [0.2, 0.25) is 0 Å². The highest BCUT2D eigenvalue weighted by Gasteiger charge is 2.40. The summed E-state index contributed by atoms with van der Waals surface area (Å²) in [5.74, 6) is 0.704. The zero-order valence-electron chi connectivity index (χ0n) is 16.9. The number of aromatic amines is 1. The van der Waals surface area contributed by atoms with Crippen LogP contribution in [-0.2, 0) is 12.8 Å². The van der Waals surface area contributed by atoms with Gasteiger partial charge in [-0.05, 0) is 65.4 Å². The van der Waals surface area contributed by atoms with Crippen LogP contribution in [-0.4, -0.2) is 23.5 Å². The van der Waals surface area contributed by atoms with E-state index in [1.807, 2.05) is 12.1 Å². The van der Waals surface area contributed by atoms with Gasteiger partial charge in [-0.25, -0.2) is 4.39 Å². The van der Waals surface area contributed by atoms with Gasteiger partial charge in [-0.1, -0.05) is 36.4 Å². The van der Waals surface area contributed by atoms with Crippen molar-refractivity contribution in [2.45, 2.75) is 24.9 Å². The van der Waals surface area contributed by atoms with Gasteiger partial charge in [-0.2, -0.15) is 0 Å². The van der Waals surface area contributed by atoms with Crippen LogP contribution in [0.15, 0.2) is 66.7 Å². The van der Waals surface area contributed by atoms with Crippen molar-refractivity contribution in [3.8, 4) is 5.75 Å². The third-order valence-electron chi connectivity index (χ3n) is 6.79. The molecule has 3 heterocycles. The average molecular weight is 398 g/mol. The average Bonchev–Trinajstić information content (AvgIpc) is 3.16. The van der Waals surface area contributed by atoms with E-state index in [-0.39, 0.29) is 17.9 Å². The minimum Gasteiger partial charge on any atom is -0.497 e. The zero-order valence-corrected chi connectivity index (χ0v) is 16.9. The molecule has 6 rings (SSSR count). The van der Waals surface area contributed by atoms with Crippen LogP contribution >= 0.6 is 0 Å². The Bertz CT molecular complexity index is 1240. The summed E-state index contributed by atoms with van der Waals surface area (Å²) >= 11 is 0. The van der Waals surface area contributed by atoms with Gasteiger partial charge >= 0.3 is 0 Å². The number of hydrogen-bond acceptors (Lipinski definition) is 2. The van der Waals surface area contributed by atoms with Gasteiger partial charge in [0.15, 0.2) is 0 Å². The molecule has 1 unspecified atom stereocenters.